The fourth-order valence-corrected chi connectivity index (χ4v) is 3.79. The van der Waals surface area contributed by atoms with Crippen LogP contribution in [0.4, 0.5) is 0 Å². The van der Waals surface area contributed by atoms with Gasteiger partial charge in [0.2, 0.25) is 0 Å². The van der Waals surface area contributed by atoms with Gasteiger partial charge in [0.15, 0.2) is 9.84 Å². The molecule has 0 radical (unpaired) electrons. The van der Waals surface area contributed by atoms with Crippen LogP contribution < -0.4 is 0 Å². The lowest BCUT2D eigenvalue weighted by molar-refractivity contribution is 0.598. The van der Waals surface area contributed by atoms with Crippen LogP contribution in [0.3, 0.4) is 0 Å². The van der Waals surface area contributed by atoms with Gasteiger partial charge in [-0.3, -0.25) is 0 Å². The summed E-state index contributed by atoms with van der Waals surface area (Å²) in [5.41, 5.74) is 0. The third kappa shape index (κ3) is 1.44. The van der Waals surface area contributed by atoms with Crippen molar-refractivity contribution in [2.45, 2.75) is 11.8 Å². The van der Waals surface area contributed by atoms with Crippen molar-refractivity contribution in [2.75, 3.05) is 5.75 Å². The fraction of sp³-hybridized carbons (Fsp3) is 0.200. The second-order valence-electron chi connectivity index (χ2n) is 3.00. The highest BCUT2D eigenvalue weighted by Crippen LogP contribution is 2.29. The normalized spacial score (nSPS) is 12.1. The summed E-state index contributed by atoms with van der Waals surface area (Å²) >= 11 is 1.48. The van der Waals surface area contributed by atoms with Crippen molar-refractivity contribution in [1.29, 1.82) is 0 Å². The van der Waals surface area contributed by atoms with Crippen LogP contribution in [0.5, 0.6) is 0 Å². The molecule has 0 saturated carbocycles. The van der Waals surface area contributed by atoms with Crippen LogP contribution in [-0.2, 0) is 9.84 Å². The average molecular weight is 226 g/mol. The molecular weight excluding hydrogens is 216 g/mol. The Bertz CT molecular complexity index is 552. The molecule has 1 aromatic carbocycles. The molecule has 0 unspecified atom stereocenters. The van der Waals surface area contributed by atoms with E-state index in [0.717, 1.165) is 10.1 Å². The van der Waals surface area contributed by atoms with Crippen LogP contribution in [0.1, 0.15) is 6.92 Å². The molecule has 0 bridgehead atoms. The Hall–Kier alpha value is -0.870. The average Bonchev–Trinajstić information content (AvgIpc) is 2.61. The lowest BCUT2D eigenvalue weighted by Gasteiger charge is -1.97. The maximum Gasteiger partial charge on any atom is 0.179 e. The zero-order valence-corrected chi connectivity index (χ0v) is 9.36. The lowest BCUT2D eigenvalue weighted by atomic mass is 10.3. The van der Waals surface area contributed by atoms with E-state index >= 15 is 0 Å². The topological polar surface area (TPSA) is 34.1 Å². The Labute approximate surface area is 87.1 Å². The molecule has 2 rings (SSSR count). The van der Waals surface area contributed by atoms with E-state index in [1.165, 1.54) is 11.3 Å². The minimum atomic E-state index is -3.07. The molecule has 0 aliphatic rings. The van der Waals surface area contributed by atoms with Gasteiger partial charge in [-0.2, -0.15) is 0 Å². The predicted molar refractivity (Wildman–Crippen MR) is 59.6 cm³/mol. The van der Waals surface area contributed by atoms with E-state index in [2.05, 4.69) is 0 Å². The van der Waals surface area contributed by atoms with Crippen molar-refractivity contribution in [1.82, 2.24) is 0 Å². The van der Waals surface area contributed by atoms with Crippen molar-refractivity contribution in [3.8, 4) is 0 Å². The fourth-order valence-electron chi connectivity index (χ4n) is 1.35. The van der Waals surface area contributed by atoms with Crippen LogP contribution in [-0.4, -0.2) is 14.2 Å². The van der Waals surface area contributed by atoms with Gasteiger partial charge in [0.1, 0.15) is 0 Å². The van der Waals surface area contributed by atoms with Crippen molar-refractivity contribution in [2.24, 2.45) is 0 Å². The van der Waals surface area contributed by atoms with E-state index in [9.17, 15) is 8.42 Å². The molecule has 1 aromatic heterocycles. The number of fused-ring (bicyclic) bond motifs is 1. The van der Waals surface area contributed by atoms with Gasteiger partial charge in [-0.1, -0.05) is 25.1 Å². The largest absolute Gasteiger partial charge is 0.224 e. The maximum atomic E-state index is 11.7. The molecule has 2 nitrogen and oxygen atoms in total. The molecule has 0 amide bonds. The molecule has 0 spiro atoms. The molecule has 0 aliphatic heterocycles. The van der Waals surface area contributed by atoms with Gasteiger partial charge in [0.25, 0.3) is 0 Å². The molecule has 0 aliphatic carbocycles. The minimum Gasteiger partial charge on any atom is -0.224 e. The standard InChI is InChI=1S/C10H10O2S2/c1-2-14(11,12)10-7-13-9-6-4-3-5-8(9)10/h3-7H,2H2,1H3. The van der Waals surface area contributed by atoms with Gasteiger partial charge in [-0.15, -0.1) is 11.3 Å². The van der Waals surface area contributed by atoms with Gasteiger partial charge in [0, 0.05) is 15.5 Å². The molecule has 0 fully saturated rings. The number of hydrogen-bond donors (Lipinski definition) is 0. The Balaban J connectivity index is 2.77. The van der Waals surface area contributed by atoms with E-state index in [0.29, 0.717) is 4.90 Å². The Morgan fingerprint density at radius 3 is 2.71 bits per heavy atom. The van der Waals surface area contributed by atoms with Crippen LogP contribution in [0.2, 0.25) is 0 Å². The number of thiophene rings is 1. The zero-order chi connectivity index (χ0) is 10.2. The highest BCUT2D eigenvalue weighted by atomic mass is 32.2. The summed E-state index contributed by atoms with van der Waals surface area (Å²) in [4.78, 5) is 0.473. The number of benzene rings is 1. The van der Waals surface area contributed by atoms with Crippen LogP contribution >= 0.6 is 11.3 Å². The molecule has 0 atom stereocenters. The van der Waals surface area contributed by atoms with Crippen molar-refractivity contribution < 1.29 is 8.42 Å². The summed E-state index contributed by atoms with van der Waals surface area (Å²) in [6, 6.07) is 7.58. The third-order valence-corrected chi connectivity index (χ3v) is 5.04. The van der Waals surface area contributed by atoms with Gasteiger partial charge in [0.05, 0.1) is 10.6 Å². The van der Waals surface area contributed by atoms with E-state index in [-0.39, 0.29) is 5.75 Å². The molecular formula is C10H10O2S2. The van der Waals surface area contributed by atoms with E-state index in [4.69, 9.17) is 0 Å². The van der Waals surface area contributed by atoms with Crippen molar-refractivity contribution in [3.63, 3.8) is 0 Å². The van der Waals surface area contributed by atoms with Gasteiger partial charge < -0.3 is 0 Å². The quantitative estimate of drug-likeness (QED) is 0.789. The lowest BCUT2D eigenvalue weighted by Crippen LogP contribution is -2.02. The summed E-state index contributed by atoms with van der Waals surface area (Å²) in [7, 11) is -3.07. The predicted octanol–water partition coefficient (Wildman–Crippen LogP) is 2.69. The first-order chi connectivity index (χ1) is 6.65. The number of rotatable bonds is 2. The first-order valence-electron chi connectivity index (χ1n) is 4.34. The highest BCUT2D eigenvalue weighted by Gasteiger charge is 2.16. The monoisotopic (exact) mass is 226 g/mol. The van der Waals surface area contributed by atoms with Crippen LogP contribution in [0, 0.1) is 0 Å². The van der Waals surface area contributed by atoms with Gasteiger partial charge in [-0.05, 0) is 6.07 Å². The van der Waals surface area contributed by atoms with E-state index < -0.39 is 9.84 Å². The SMILES string of the molecule is CCS(=O)(=O)c1csc2ccccc12. The van der Waals surface area contributed by atoms with Gasteiger partial charge >= 0.3 is 0 Å². The summed E-state index contributed by atoms with van der Waals surface area (Å²) < 4.78 is 24.4. The summed E-state index contributed by atoms with van der Waals surface area (Å²) in [6.45, 7) is 1.67. The highest BCUT2D eigenvalue weighted by molar-refractivity contribution is 7.91. The molecule has 4 heteroatoms. The van der Waals surface area contributed by atoms with E-state index in [1.54, 1.807) is 12.3 Å². The maximum absolute atomic E-state index is 11.7. The second-order valence-corrected chi connectivity index (χ2v) is 6.16. The zero-order valence-electron chi connectivity index (χ0n) is 7.73. The smallest absolute Gasteiger partial charge is 0.179 e. The molecule has 2 aromatic rings. The third-order valence-electron chi connectivity index (χ3n) is 2.16. The van der Waals surface area contributed by atoms with E-state index in [1.807, 2.05) is 24.3 Å². The van der Waals surface area contributed by atoms with Crippen molar-refractivity contribution >= 4 is 31.3 Å². The molecule has 1 heterocycles. The van der Waals surface area contributed by atoms with Crippen molar-refractivity contribution in [3.05, 3.63) is 29.6 Å². The Morgan fingerprint density at radius 1 is 1.29 bits per heavy atom. The molecule has 74 valence electrons. The molecule has 0 N–H and O–H groups in total. The Morgan fingerprint density at radius 2 is 2.00 bits per heavy atom. The first kappa shape index (κ1) is 9.68. The summed E-state index contributed by atoms with van der Waals surface area (Å²) in [6.07, 6.45) is 0. The second kappa shape index (κ2) is 3.37. The molecule has 14 heavy (non-hydrogen) atoms. The van der Waals surface area contributed by atoms with Gasteiger partial charge in [-0.25, -0.2) is 8.42 Å². The Kier molecular flexibility index (Phi) is 2.33. The molecule has 0 saturated heterocycles. The van der Waals surface area contributed by atoms with Crippen LogP contribution in [0.15, 0.2) is 34.5 Å². The number of hydrogen-bond acceptors (Lipinski definition) is 3. The minimum absolute atomic E-state index is 0.160. The summed E-state index contributed by atoms with van der Waals surface area (Å²) in [5, 5.41) is 2.57. The number of sulfone groups is 1. The summed E-state index contributed by atoms with van der Waals surface area (Å²) in [5.74, 6) is 0.160. The van der Waals surface area contributed by atoms with Crippen LogP contribution in [0.25, 0.3) is 10.1 Å². The first-order valence-corrected chi connectivity index (χ1v) is 6.87.